The lowest BCUT2D eigenvalue weighted by molar-refractivity contribution is 1.59. The van der Waals surface area contributed by atoms with Crippen LogP contribution in [0.5, 0.6) is 0 Å². The van der Waals surface area contributed by atoms with E-state index in [2.05, 4.69) is 158 Å². The first-order valence-electron chi connectivity index (χ1n) is 13.9. The minimum absolute atomic E-state index is 1.23. The van der Waals surface area contributed by atoms with Gasteiger partial charge >= 0.3 is 0 Å². The molecule has 40 heavy (non-hydrogen) atoms. The minimum atomic E-state index is 1.23. The molecule has 0 radical (unpaired) electrons. The van der Waals surface area contributed by atoms with Gasteiger partial charge < -0.3 is 0 Å². The lowest BCUT2D eigenvalue weighted by atomic mass is 9.83. The van der Waals surface area contributed by atoms with Gasteiger partial charge in [0.15, 0.2) is 0 Å². The van der Waals surface area contributed by atoms with Crippen LogP contribution in [0.25, 0.3) is 76.5 Å². The number of benzene rings is 8. The number of hydrogen-bond acceptors (Lipinski definition) is 0. The lowest BCUT2D eigenvalue weighted by Gasteiger charge is -2.20. The molecule has 0 saturated heterocycles. The first-order chi connectivity index (χ1) is 19.9. The number of fused-ring (bicyclic) bond motifs is 6. The van der Waals surface area contributed by atoms with E-state index in [1.807, 2.05) is 0 Å². The molecule has 0 nitrogen and oxygen atoms in total. The van der Waals surface area contributed by atoms with Crippen molar-refractivity contribution in [3.63, 3.8) is 0 Å². The van der Waals surface area contributed by atoms with Crippen molar-refractivity contribution in [1.29, 1.82) is 0 Å². The fourth-order valence-electron chi connectivity index (χ4n) is 6.45. The zero-order valence-corrected chi connectivity index (χ0v) is 22.0. The Balaban J connectivity index is 1.52. The second-order valence-electron chi connectivity index (χ2n) is 10.5. The van der Waals surface area contributed by atoms with Crippen LogP contribution in [0.15, 0.2) is 158 Å². The Morgan fingerprint density at radius 3 is 1.50 bits per heavy atom. The van der Waals surface area contributed by atoms with Gasteiger partial charge in [0.1, 0.15) is 0 Å². The Hall–Kier alpha value is -5.20. The van der Waals surface area contributed by atoms with Crippen molar-refractivity contribution in [2.75, 3.05) is 0 Å². The molecule has 0 aliphatic carbocycles. The second kappa shape index (κ2) is 9.22. The predicted octanol–water partition coefficient (Wildman–Crippen LogP) is 11.3. The van der Waals surface area contributed by atoms with E-state index in [-0.39, 0.29) is 0 Å². The highest BCUT2D eigenvalue weighted by Gasteiger charge is 2.18. The van der Waals surface area contributed by atoms with Crippen LogP contribution in [0.1, 0.15) is 0 Å². The summed E-state index contributed by atoms with van der Waals surface area (Å²) in [6.07, 6.45) is 0. The molecular weight excluding hydrogens is 480 g/mol. The lowest BCUT2D eigenvalue weighted by Crippen LogP contribution is -1.93. The van der Waals surface area contributed by atoms with Crippen molar-refractivity contribution in [2.24, 2.45) is 0 Å². The highest BCUT2D eigenvalue weighted by Crippen LogP contribution is 2.45. The van der Waals surface area contributed by atoms with E-state index in [1.165, 1.54) is 76.5 Å². The largest absolute Gasteiger partial charge is 0.0622 e. The Kier molecular flexibility index (Phi) is 5.24. The summed E-state index contributed by atoms with van der Waals surface area (Å²) >= 11 is 0. The fourth-order valence-corrected chi connectivity index (χ4v) is 6.45. The van der Waals surface area contributed by atoms with Crippen molar-refractivity contribution < 1.29 is 0 Å². The Morgan fingerprint density at radius 2 is 0.750 bits per heavy atom. The van der Waals surface area contributed by atoms with Gasteiger partial charge in [-0.05, 0) is 76.5 Å². The summed E-state index contributed by atoms with van der Waals surface area (Å²) < 4.78 is 0. The molecule has 0 spiro atoms. The van der Waals surface area contributed by atoms with Gasteiger partial charge in [-0.2, -0.15) is 0 Å². The van der Waals surface area contributed by atoms with Crippen LogP contribution in [0, 0.1) is 0 Å². The monoisotopic (exact) mass is 506 g/mol. The minimum Gasteiger partial charge on any atom is -0.0622 e. The van der Waals surface area contributed by atoms with Crippen molar-refractivity contribution >= 4 is 43.1 Å². The Labute approximate surface area is 233 Å². The molecule has 0 unspecified atom stereocenters. The highest BCUT2D eigenvalue weighted by molar-refractivity contribution is 6.19. The topological polar surface area (TPSA) is 0 Å². The molecule has 8 aromatic rings. The van der Waals surface area contributed by atoms with Gasteiger partial charge in [-0.3, -0.25) is 0 Å². The van der Waals surface area contributed by atoms with Gasteiger partial charge in [0.25, 0.3) is 0 Å². The van der Waals surface area contributed by atoms with E-state index in [1.54, 1.807) is 0 Å². The molecule has 0 heterocycles. The molecule has 0 saturated carbocycles. The molecule has 0 aliphatic rings. The van der Waals surface area contributed by atoms with E-state index in [0.717, 1.165) is 0 Å². The molecule has 0 aliphatic heterocycles. The van der Waals surface area contributed by atoms with Crippen LogP contribution in [-0.2, 0) is 0 Å². The third-order valence-corrected chi connectivity index (χ3v) is 8.28. The molecule has 0 bridgehead atoms. The maximum Gasteiger partial charge on any atom is -0.00201 e. The third kappa shape index (κ3) is 3.54. The van der Waals surface area contributed by atoms with Gasteiger partial charge in [0, 0.05) is 0 Å². The standard InChI is InChI=1S/C40H26/c1-2-11-27(12-3-1)32-17-8-9-18-37(32)40-38-24-22-29-14-5-7-16-31(29)35(38)25-26-39(40)34-20-10-19-33-30-15-6-4-13-28(30)21-23-36(33)34/h1-26H. The molecule has 8 rings (SSSR count). The summed E-state index contributed by atoms with van der Waals surface area (Å²) in [6, 6.07) is 57.6. The quantitative estimate of drug-likeness (QED) is 0.209. The zero-order valence-electron chi connectivity index (χ0n) is 22.0. The molecule has 8 aromatic carbocycles. The first kappa shape index (κ1) is 22.8. The molecular formula is C40H26. The maximum atomic E-state index is 2.34. The van der Waals surface area contributed by atoms with E-state index in [4.69, 9.17) is 0 Å². The van der Waals surface area contributed by atoms with Crippen LogP contribution < -0.4 is 0 Å². The zero-order chi connectivity index (χ0) is 26.5. The highest BCUT2D eigenvalue weighted by atomic mass is 14.2. The molecule has 0 fully saturated rings. The van der Waals surface area contributed by atoms with Crippen LogP contribution in [0.3, 0.4) is 0 Å². The maximum absolute atomic E-state index is 2.34. The smallest absolute Gasteiger partial charge is 0.00201 e. The molecule has 0 amide bonds. The summed E-state index contributed by atoms with van der Waals surface area (Å²) in [5, 5.41) is 10.2. The third-order valence-electron chi connectivity index (χ3n) is 8.28. The van der Waals surface area contributed by atoms with E-state index in [9.17, 15) is 0 Å². The van der Waals surface area contributed by atoms with Gasteiger partial charge in [-0.25, -0.2) is 0 Å². The summed E-state index contributed by atoms with van der Waals surface area (Å²) in [5.74, 6) is 0. The molecule has 0 atom stereocenters. The van der Waals surface area contributed by atoms with E-state index in [0.29, 0.717) is 0 Å². The van der Waals surface area contributed by atoms with Crippen molar-refractivity contribution in [2.45, 2.75) is 0 Å². The van der Waals surface area contributed by atoms with Crippen LogP contribution in [-0.4, -0.2) is 0 Å². The van der Waals surface area contributed by atoms with Crippen LogP contribution in [0.4, 0.5) is 0 Å². The van der Waals surface area contributed by atoms with Crippen LogP contribution in [0.2, 0.25) is 0 Å². The SMILES string of the molecule is c1ccc(-c2ccccc2-c2c(-c3cccc4c3ccc3ccccc34)ccc3c2ccc2ccccc23)cc1. The molecule has 0 N–H and O–H groups in total. The summed E-state index contributed by atoms with van der Waals surface area (Å²) in [5.41, 5.74) is 7.52. The summed E-state index contributed by atoms with van der Waals surface area (Å²) in [4.78, 5) is 0. The summed E-state index contributed by atoms with van der Waals surface area (Å²) in [7, 11) is 0. The van der Waals surface area contributed by atoms with Crippen molar-refractivity contribution in [1.82, 2.24) is 0 Å². The van der Waals surface area contributed by atoms with Crippen molar-refractivity contribution in [3.05, 3.63) is 158 Å². The first-order valence-corrected chi connectivity index (χ1v) is 13.9. The molecule has 0 heteroatoms. The fraction of sp³-hybridized carbons (Fsp3) is 0. The predicted molar refractivity (Wildman–Crippen MR) is 173 cm³/mol. The van der Waals surface area contributed by atoms with Crippen LogP contribution >= 0.6 is 0 Å². The Morgan fingerprint density at radius 1 is 0.225 bits per heavy atom. The van der Waals surface area contributed by atoms with E-state index < -0.39 is 0 Å². The Bertz CT molecular complexity index is 2200. The van der Waals surface area contributed by atoms with Gasteiger partial charge in [0.2, 0.25) is 0 Å². The number of hydrogen-bond donors (Lipinski definition) is 0. The average Bonchev–Trinajstić information content (AvgIpc) is 3.04. The van der Waals surface area contributed by atoms with Gasteiger partial charge in [-0.15, -0.1) is 0 Å². The second-order valence-corrected chi connectivity index (χ2v) is 10.5. The molecule has 186 valence electrons. The summed E-state index contributed by atoms with van der Waals surface area (Å²) in [6.45, 7) is 0. The normalized spacial score (nSPS) is 11.5. The van der Waals surface area contributed by atoms with E-state index >= 15 is 0 Å². The van der Waals surface area contributed by atoms with Gasteiger partial charge in [0.05, 0.1) is 0 Å². The van der Waals surface area contributed by atoms with Gasteiger partial charge in [-0.1, -0.05) is 158 Å². The molecule has 0 aromatic heterocycles. The van der Waals surface area contributed by atoms with Crippen molar-refractivity contribution in [3.8, 4) is 33.4 Å². The number of rotatable bonds is 3. The average molecular weight is 507 g/mol.